The first kappa shape index (κ1) is 10.1. The van der Waals surface area contributed by atoms with Gasteiger partial charge in [0.05, 0.1) is 12.4 Å². The van der Waals surface area contributed by atoms with Crippen LogP contribution in [-0.2, 0) is 4.74 Å². The Kier molecular flexibility index (Phi) is 2.29. The van der Waals surface area contributed by atoms with Crippen molar-refractivity contribution in [3.05, 3.63) is 18.2 Å². The van der Waals surface area contributed by atoms with Crippen LogP contribution in [0.3, 0.4) is 0 Å². The molecule has 3 atom stereocenters. The Balaban J connectivity index is 1.65. The molecule has 0 aromatic carbocycles. The fourth-order valence-corrected chi connectivity index (χ4v) is 3.78. The normalized spacial score (nSPS) is 37.1. The second-order valence-electron chi connectivity index (χ2n) is 5.86. The summed E-state index contributed by atoms with van der Waals surface area (Å²) in [6.45, 7) is 0.972. The van der Waals surface area contributed by atoms with E-state index in [9.17, 15) is 0 Å². The molecule has 0 amide bonds. The molecule has 1 aromatic heterocycles. The molecule has 3 nitrogen and oxygen atoms in total. The summed E-state index contributed by atoms with van der Waals surface area (Å²) < 4.78 is 8.36. The number of aromatic nitrogens is 2. The first-order valence-electron chi connectivity index (χ1n) is 7.07. The van der Waals surface area contributed by atoms with Gasteiger partial charge in [-0.2, -0.15) is 0 Å². The molecule has 2 saturated carbocycles. The number of rotatable bonds is 2. The predicted octanol–water partition coefficient (Wildman–Crippen LogP) is 2.89. The third-order valence-electron chi connectivity index (χ3n) is 4.79. The first-order chi connectivity index (χ1) is 8.43. The van der Waals surface area contributed by atoms with E-state index < -0.39 is 0 Å². The molecule has 92 valence electrons. The SMILES string of the molecule is c1ncn(C2CCCC3OCCC32)c1C1CC1. The van der Waals surface area contributed by atoms with Crippen LogP contribution in [0.2, 0.25) is 0 Å². The average Bonchev–Trinajstić information content (AvgIpc) is 2.92. The van der Waals surface area contributed by atoms with Crippen LogP contribution in [0.25, 0.3) is 0 Å². The van der Waals surface area contributed by atoms with E-state index in [1.54, 1.807) is 0 Å². The highest BCUT2D eigenvalue weighted by molar-refractivity contribution is 5.14. The zero-order chi connectivity index (χ0) is 11.2. The van der Waals surface area contributed by atoms with Crippen LogP contribution in [0.1, 0.15) is 56.2 Å². The second-order valence-corrected chi connectivity index (χ2v) is 5.86. The molecule has 1 aliphatic heterocycles. The molecule has 2 heterocycles. The molecule has 17 heavy (non-hydrogen) atoms. The van der Waals surface area contributed by atoms with Gasteiger partial charge in [0.1, 0.15) is 0 Å². The van der Waals surface area contributed by atoms with Crippen LogP contribution >= 0.6 is 0 Å². The standard InChI is InChI=1S/C14H20N2O/c1-2-12(11-6-7-17-14(11)3-1)16-9-15-8-13(16)10-4-5-10/h8-12,14H,1-7H2. The van der Waals surface area contributed by atoms with Gasteiger partial charge in [-0.1, -0.05) is 0 Å². The molecule has 0 spiro atoms. The summed E-state index contributed by atoms with van der Waals surface area (Å²) >= 11 is 0. The minimum absolute atomic E-state index is 0.531. The minimum atomic E-state index is 0.531. The van der Waals surface area contributed by atoms with Crippen molar-refractivity contribution >= 4 is 0 Å². The van der Waals surface area contributed by atoms with Crippen LogP contribution in [0.5, 0.6) is 0 Å². The van der Waals surface area contributed by atoms with Gasteiger partial charge in [0.2, 0.25) is 0 Å². The summed E-state index contributed by atoms with van der Waals surface area (Å²) in [5.41, 5.74) is 1.49. The van der Waals surface area contributed by atoms with Crippen LogP contribution < -0.4 is 0 Å². The highest BCUT2D eigenvalue weighted by Crippen LogP contribution is 2.46. The number of imidazole rings is 1. The van der Waals surface area contributed by atoms with E-state index >= 15 is 0 Å². The van der Waals surface area contributed by atoms with E-state index in [0.717, 1.165) is 18.4 Å². The van der Waals surface area contributed by atoms with Crippen molar-refractivity contribution in [2.24, 2.45) is 5.92 Å². The molecule has 1 aromatic rings. The minimum Gasteiger partial charge on any atom is -0.378 e. The lowest BCUT2D eigenvalue weighted by Crippen LogP contribution is -2.31. The van der Waals surface area contributed by atoms with Gasteiger partial charge in [0.25, 0.3) is 0 Å². The van der Waals surface area contributed by atoms with Gasteiger partial charge in [-0.3, -0.25) is 0 Å². The monoisotopic (exact) mass is 232 g/mol. The summed E-state index contributed by atoms with van der Waals surface area (Å²) in [7, 11) is 0. The van der Waals surface area contributed by atoms with Crippen molar-refractivity contribution in [3.8, 4) is 0 Å². The lowest BCUT2D eigenvalue weighted by atomic mass is 9.81. The highest BCUT2D eigenvalue weighted by Gasteiger charge is 2.40. The Morgan fingerprint density at radius 2 is 2.12 bits per heavy atom. The predicted molar refractivity (Wildman–Crippen MR) is 64.9 cm³/mol. The van der Waals surface area contributed by atoms with Crippen LogP contribution in [0.15, 0.2) is 12.5 Å². The zero-order valence-electron chi connectivity index (χ0n) is 10.2. The van der Waals surface area contributed by atoms with Gasteiger partial charge >= 0.3 is 0 Å². The third kappa shape index (κ3) is 1.63. The number of nitrogens with zero attached hydrogens (tertiary/aromatic N) is 2. The van der Waals surface area contributed by atoms with Gasteiger partial charge in [0, 0.05) is 36.4 Å². The number of ether oxygens (including phenoxy) is 1. The fraction of sp³-hybridized carbons (Fsp3) is 0.786. The molecule has 4 rings (SSSR count). The lowest BCUT2D eigenvalue weighted by Gasteiger charge is -2.34. The molecule has 0 radical (unpaired) electrons. The van der Waals surface area contributed by atoms with E-state index in [1.807, 2.05) is 0 Å². The maximum atomic E-state index is 5.87. The Morgan fingerprint density at radius 3 is 3.00 bits per heavy atom. The van der Waals surface area contributed by atoms with Crippen LogP contribution in [0, 0.1) is 5.92 Å². The third-order valence-corrected chi connectivity index (χ3v) is 4.79. The van der Waals surface area contributed by atoms with Crippen molar-refractivity contribution in [2.75, 3.05) is 6.61 Å². The summed E-state index contributed by atoms with van der Waals surface area (Å²) in [6.07, 6.45) is 12.6. The molecule has 3 aliphatic rings. The van der Waals surface area contributed by atoms with Crippen LogP contribution in [-0.4, -0.2) is 22.3 Å². The van der Waals surface area contributed by atoms with Crippen molar-refractivity contribution in [1.29, 1.82) is 0 Å². The first-order valence-corrected chi connectivity index (χ1v) is 7.07. The smallest absolute Gasteiger partial charge is 0.0950 e. The molecular weight excluding hydrogens is 212 g/mol. The maximum Gasteiger partial charge on any atom is 0.0950 e. The highest BCUT2D eigenvalue weighted by atomic mass is 16.5. The van der Waals surface area contributed by atoms with Crippen molar-refractivity contribution < 1.29 is 4.74 Å². The Morgan fingerprint density at radius 1 is 1.18 bits per heavy atom. The quantitative estimate of drug-likeness (QED) is 0.784. The molecule has 0 bridgehead atoms. The average molecular weight is 232 g/mol. The Labute approximate surface area is 102 Å². The maximum absolute atomic E-state index is 5.87. The molecule has 0 N–H and O–H groups in total. The second kappa shape index (κ2) is 3.84. The van der Waals surface area contributed by atoms with Crippen molar-refractivity contribution in [1.82, 2.24) is 9.55 Å². The number of fused-ring (bicyclic) bond motifs is 1. The van der Waals surface area contributed by atoms with Crippen molar-refractivity contribution in [2.45, 2.75) is 56.6 Å². The Hall–Kier alpha value is -0.830. The summed E-state index contributed by atoms with van der Waals surface area (Å²) in [5, 5.41) is 0. The van der Waals surface area contributed by atoms with Gasteiger partial charge in [-0.15, -0.1) is 0 Å². The lowest BCUT2D eigenvalue weighted by molar-refractivity contribution is 0.0460. The summed E-state index contributed by atoms with van der Waals surface area (Å²) in [6, 6.07) is 0.661. The van der Waals surface area contributed by atoms with Crippen molar-refractivity contribution in [3.63, 3.8) is 0 Å². The van der Waals surface area contributed by atoms with Gasteiger partial charge in [0.15, 0.2) is 0 Å². The van der Waals surface area contributed by atoms with Gasteiger partial charge in [-0.05, 0) is 38.5 Å². The number of hydrogen-bond acceptors (Lipinski definition) is 2. The molecule has 2 aliphatic carbocycles. The molecule has 3 fully saturated rings. The largest absolute Gasteiger partial charge is 0.378 e. The number of hydrogen-bond donors (Lipinski definition) is 0. The van der Waals surface area contributed by atoms with E-state index in [0.29, 0.717) is 12.1 Å². The van der Waals surface area contributed by atoms with Gasteiger partial charge in [-0.25, -0.2) is 4.98 Å². The van der Waals surface area contributed by atoms with E-state index in [4.69, 9.17) is 4.74 Å². The zero-order valence-corrected chi connectivity index (χ0v) is 10.2. The topological polar surface area (TPSA) is 27.1 Å². The van der Waals surface area contributed by atoms with E-state index in [1.165, 1.54) is 44.2 Å². The molecule has 3 unspecified atom stereocenters. The molecule has 1 saturated heterocycles. The summed E-state index contributed by atoms with van der Waals surface area (Å²) in [4.78, 5) is 4.39. The van der Waals surface area contributed by atoms with E-state index in [2.05, 4.69) is 22.1 Å². The van der Waals surface area contributed by atoms with Crippen LogP contribution in [0.4, 0.5) is 0 Å². The molecular formula is C14H20N2O. The van der Waals surface area contributed by atoms with E-state index in [-0.39, 0.29) is 0 Å². The van der Waals surface area contributed by atoms with Gasteiger partial charge < -0.3 is 9.30 Å². The molecule has 3 heteroatoms. The summed E-state index contributed by atoms with van der Waals surface area (Å²) in [5.74, 6) is 1.55. The Bertz CT molecular complexity index is 410. The fourth-order valence-electron chi connectivity index (χ4n) is 3.78.